The van der Waals surface area contributed by atoms with Crippen LogP contribution in [0.4, 0.5) is 0 Å². The van der Waals surface area contributed by atoms with E-state index in [2.05, 4.69) is 43.0 Å². The number of nitrogens with zero attached hydrogens (tertiary/aromatic N) is 1. The Hall–Kier alpha value is -2.77. The smallest absolute Gasteiger partial charge is 0.310 e. The summed E-state index contributed by atoms with van der Waals surface area (Å²) in [6.07, 6.45) is 1.49. The lowest BCUT2D eigenvalue weighted by Crippen LogP contribution is -2.32. The van der Waals surface area contributed by atoms with E-state index in [-0.39, 0.29) is 29.8 Å². The molecule has 3 atom stereocenters. The molecule has 2 aromatic rings. The van der Waals surface area contributed by atoms with E-state index in [9.17, 15) is 4.79 Å². The van der Waals surface area contributed by atoms with Crippen molar-refractivity contribution in [1.29, 1.82) is 0 Å². The Morgan fingerprint density at radius 2 is 1.81 bits per heavy atom. The molecule has 0 radical (unpaired) electrons. The summed E-state index contributed by atoms with van der Waals surface area (Å²) < 4.78 is 28.5. The van der Waals surface area contributed by atoms with Crippen molar-refractivity contribution in [3.63, 3.8) is 0 Å². The summed E-state index contributed by atoms with van der Waals surface area (Å²) in [5, 5.41) is 0. The zero-order valence-electron chi connectivity index (χ0n) is 23.0. The molecule has 0 bridgehead atoms. The summed E-state index contributed by atoms with van der Waals surface area (Å²) in [7, 11) is 3.31. The van der Waals surface area contributed by atoms with Crippen molar-refractivity contribution in [3.05, 3.63) is 54.1 Å². The van der Waals surface area contributed by atoms with E-state index in [1.54, 1.807) is 14.2 Å². The van der Waals surface area contributed by atoms with Crippen molar-refractivity contribution in [3.8, 4) is 17.2 Å². The Morgan fingerprint density at radius 3 is 2.49 bits per heavy atom. The average molecular weight is 514 g/mol. The van der Waals surface area contributed by atoms with Crippen molar-refractivity contribution in [2.45, 2.75) is 46.3 Å². The summed E-state index contributed by atoms with van der Waals surface area (Å²) >= 11 is 0. The molecule has 0 N–H and O–H groups in total. The summed E-state index contributed by atoms with van der Waals surface area (Å²) in [6, 6.07) is 16.1. The molecule has 1 saturated heterocycles. The SMILES string of the molecule is CCOC(=O)[C@@H]1CN(Cc2ccccc2)C[C@@H]1C[C@H](Oc1ccc(OC)c(OCCCOC)c1)C(C)C. The topological polar surface area (TPSA) is 66.5 Å². The maximum Gasteiger partial charge on any atom is 0.310 e. The molecule has 7 heteroatoms. The van der Waals surface area contributed by atoms with Crippen LogP contribution in [-0.4, -0.2) is 64.1 Å². The van der Waals surface area contributed by atoms with Gasteiger partial charge in [0.25, 0.3) is 0 Å². The van der Waals surface area contributed by atoms with Crippen LogP contribution < -0.4 is 14.2 Å². The molecule has 1 fully saturated rings. The lowest BCUT2D eigenvalue weighted by atomic mass is 9.87. The quantitative estimate of drug-likeness (QED) is 0.239. The molecule has 0 spiro atoms. The van der Waals surface area contributed by atoms with Crippen molar-refractivity contribution in [2.75, 3.05) is 47.1 Å². The molecule has 1 heterocycles. The van der Waals surface area contributed by atoms with Crippen LogP contribution in [0.2, 0.25) is 0 Å². The van der Waals surface area contributed by atoms with Crippen molar-refractivity contribution >= 4 is 5.97 Å². The predicted molar refractivity (Wildman–Crippen MR) is 144 cm³/mol. The van der Waals surface area contributed by atoms with Gasteiger partial charge in [-0.15, -0.1) is 0 Å². The van der Waals surface area contributed by atoms with Gasteiger partial charge in [-0.1, -0.05) is 44.2 Å². The Morgan fingerprint density at radius 1 is 1.03 bits per heavy atom. The average Bonchev–Trinajstić information content (AvgIpc) is 3.29. The lowest BCUT2D eigenvalue weighted by Gasteiger charge is -2.27. The zero-order valence-corrected chi connectivity index (χ0v) is 23.0. The number of likely N-dealkylation sites (tertiary alicyclic amines) is 1. The molecule has 0 amide bonds. The Labute approximate surface area is 222 Å². The van der Waals surface area contributed by atoms with Gasteiger partial charge in [-0.3, -0.25) is 9.69 Å². The molecule has 7 nitrogen and oxygen atoms in total. The second-order valence-electron chi connectivity index (χ2n) is 9.94. The van der Waals surface area contributed by atoms with E-state index in [1.165, 1.54) is 5.56 Å². The third-order valence-corrected chi connectivity index (χ3v) is 6.81. The van der Waals surface area contributed by atoms with Crippen molar-refractivity contribution < 1.29 is 28.5 Å². The second kappa shape index (κ2) is 14.8. The van der Waals surface area contributed by atoms with E-state index in [0.717, 1.165) is 31.7 Å². The molecule has 204 valence electrons. The van der Waals surface area contributed by atoms with Gasteiger partial charge in [-0.25, -0.2) is 0 Å². The predicted octanol–water partition coefficient (Wildman–Crippen LogP) is 5.22. The summed E-state index contributed by atoms with van der Waals surface area (Å²) in [4.78, 5) is 15.3. The summed E-state index contributed by atoms with van der Waals surface area (Å²) in [6.45, 7) is 10.1. The molecule has 0 aliphatic carbocycles. The largest absolute Gasteiger partial charge is 0.493 e. The molecule has 0 aromatic heterocycles. The van der Waals surface area contributed by atoms with Crippen molar-refractivity contribution in [2.24, 2.45) is 17.8 Å². The molecule has 2 aromatic carbocycles. The monoisotopic (exact) mass is 513 g/mol. The van der Waals surface area contributed by atoms with Gasteiger partial charge in [0.1, 0.15) is 11.9 Å². The summed E-state index contributed by atoms with van der Waals surface area (Å²) in [5.74, 6) is 2.19. The third kappa shape index (κ3) is 8.64. The highest BCUT2D eigenvalue weighted by molar-refractivity contribution is 5.73. The molecule has 37 heavy (non-hydrogen) atoms. The maximum absolute atomic E-state index is 12.9. The number of ether oxygens (including phenoxy) is 5. The number of carbonyl (C=O) groups excluding carboxylic acids is 1. The highest BCUT2D eigenvalue weighted by Gasteiger charge is 2.40. The van der Waals surface area contributed by atoms with Gasteiger partial charge < -0.3 is 23.7 Å². The number of hydrogen-bond acceptors (Lipinski definition) is 7. The van der Waals surface area contributed by atoms with Crippen LogP contribution in [0.5, 0.6) is 17.2 Å². The summed E-state index contributed by atoms with van der Waals surface area (Å²) in [5.41, 5.74) is 1.25. The van der Waals surface area contributed by atoms with E-state index >= 15 is 0 Å². The first-order chi connectivity index (χ1) is 17.9. The standard InChI is InChI=1S/C30H43NO6/c1-6-35-30(32)26-21-31(19-23-11-8-7-9-12-23)20-24(26)17-28(22(2)3)37-25-13-14-27(34-5)29(18-25)36-16-10-15-33-4/h7-9,11-14,18,22,24,26,28H,6,10,15-17,19-21H2,1-5H3/t24-,26+,28-/m0/s1. The van der Waals surface area contributed by atoms with Gasteiger partial charge in [0, 0.05) is 45.8 Å². The van der Waals surface area contributed by atoms with E-state index in [0.29, 0.717) is 37.9 Å². The first kappa shape index (κ1) is 28.8. The highest BCUT2D eigenvalue weighted by atomic mass is 16.5. The number of carbonyl (C=O) groups is 1. The van der Waals surface area contributed by atoms with Crippen molar-refractivity contribution in [1.82, 2.24) is 4.90 Å². The van der Waals surface area contributed by atoms with Gasteiger partial charge in [0.15, 0.2) is 11.5 Å². The normalized spacial score (nSPS) is 18.5. The second-order valence-corrected chi connectivity index (χ2v) is 9.94. The van der Waals surface area contributed by atoms with E-state index < -0.39 is 0 Å². The van der Waals surface area contributed by atoms with Gasteiger partial charge in [-0.05, 0) is 42.9 Å². The van der Waals surface area contributed by atoms with Crippen LogP contribution in [0.1, 0.15) is 39.2 Å². The Bertz CT molecular complexity index is 950. The molecular weight excluding hydrogens is 470 g/mol. The minimum absolute atomic E-state index is 0.0617. The number of methoxy groups -OCH3 is 2. The zero-order chi connectivity index (χ0) is 26.6. The fraction of sp³-hybridized carbons (Fsp3) is 0.567. The van der Waals surface area contributed by atoms with Gasteiger partial charge in [-0.2, -0.15) is 0 Å². The first-order valence-corrected chi connectivity index (χ1v) is 13.3. The van der Waals surface area contributed by atoms with Crippen LogP contribution >= 0.6 is 0 Å². The third-order valence-electron chi connectivity index (χ3n) is 6.81. The molecule has 1 aliphatic rings. The Balaban J connectivity index is 1.71. The maximum atomic E-state index is 12.9. The van der Waals surface area contributed by atoms with Gasteiger partial charge >= 0.3 is 5.97 Å². The molecule has 0 saturated carbocycles. The first-order valence-electron chi connectivity index (χ1n) is 13.3. The fourth-order valence-electron chi connectivity index (χ4n) is 4.84. The van der Waals surface area contributed by atoms with Crippen LogP contribution in [-0.2, 0) is 20.8 Å². The molecule has 0 unspecified atom stereocenters. The molecule has 1 aliphatic heterocycles. The lowest BCUT2D eigenvalue weighted by molar-refractivity contribution is -0.149. The fourth-order valence-corrected chi connectivity index (χ4v) is 4.84. The van der Waals surface area contributed by atoms with E-state index in [4.69, 9.17) is 23.7 Å². The number of rotatable bonds is 15. The number of hydrogen-bond donors (Lipinski definition) is 0. The number of benzene rings is 2. The molecule has 3 rings (SSSR count). The highest BCUT2D eigenvalue weighted by Crippen LogP contribution is 2.35. The van der Waals surface area contributed by atoms with E-state index in [1.807, 2.05) is 31.2 Å². The minimum atomic E-state index is -0.163. The van der Waals surface area contributed by atoms with Gasteiger partial charge in [0.05, 0.1) is 26.2 Å². The van der Waals surface area contributed by atoms with Gasteiger partial charge in [0.2, 0.25) is 0 Å². The van der Waals surface area contributed by atoms with Crippen LogP contribution in [0.3, 0.4) is 0 Å². The van der Waals surface area contributed by atoms with Crippen LogP contribution in [0.25, 0.3) is 0 Å². The Kier molecular flexibility index (Phi) is 11.5. The number of esters is 1. The van der Waals surface area contributed by atoms with Crippen LogP contribution in [0.15, 0.2) is 48.5 Å². The van der Waals surface area contributed by atoms with Crippen LogP contribution in [0, 0.1) is 17.8 Å². The minimum Gasteiger partial charge on any atom is -0.493 e. The molecular formula is C30H43NO6.